The number of fused-ring (bicyclic) bond motifs is 3. The molecule has 2 heterocycles. The first-order valence-electron chi connectivity index (χ1n) is 9.77. The van der Waals surface area contributed by atoms with E-state index < -0.39 is 11.7 Å². The average Bonchev–Trinajstić information content (AvgIpc) is 3.16. The van der Waals surface area contributed by atoms with E-state index in [1.54, 1.807) is 28.6 Å². The molecule has 1 aliphatic carbocycles. The molecule has 2 aromatic heterocycles. The van der Waals surface area contributed by atoms with Gasteiger partial charge in [0.05, 0.1) is 5.48 Å². The molecule has 22 heavy (non-hydrogen) atoms. The minimum absolute atomic E-state index is 0.156. The third-order valence-corrected chi connectivity index (χ3v) is 4.44. The first kappa shape index (κ1) is 8.93. The second kappa shape index (κ2) is 4.83. The van der Waals surface area contributed by atoms with Crippen LogP contribution in [-0.2, 0) is 20.0 Å². The predicted molar refractivity (Wildman–Crippen MR) is 86.0 cm³/mol. The zero-order valence-corrected chi connectivity index (χ0v) is 12.5. The molecule has 3 aromatic rings. The highest BCUT2D eigenvalue weighted by atomic mass is 16.1. The number of aryl methyl sites for hydroxylation is 2. The molecule has 1 aromatic carbocycles. The molecule has 0 bridgehead atoms. The van der Waals surface area contributed by atoms with Crippen LogP contribution in [0.5, 0.6) is 0 Å². The Labute approximate surface area is 136 Å². The third kappa shape index (κ3) is 1.83. The highest BCUT2D eigenvalue weighted by Gasteiger charge is 2.32. The van der Waals surface area contributed by atoms with Gasteiger partial charge in [0.2, 0.25) is 0 Å². The summed E-state index contributed by atoms with van der Waals surface area (Å²) in [6.45, 7) is 1.98. The number of nitrogens with zero attached hydrogens (tertiary/aromatic N) is 3. The van der Waals surface area contributed by atoms with Crippen molar-refractivity contribution >= 4 is 16.7 Å². The second-order valence-corrected chi connectivity index (χ2v) is 5.64. The van der Waals surface area contributed by atoms with Gasteiger partial charge in [-0.3, -0.25) is 4.79 Å². The van der Waals surface area contributed by atoms with Crippen molar-refractivity contribution in [2.75, 3.05) is 0 Å². The van der Waals surface area contributed by atoms with E-state index in [1.807, 2.05) is 6.92 Å². The van der Waals surface area contributed by atoms with Crippen molar-refractivity contribution in [3.05, 3.63) is 53.6 Å². The van der Waals surface area contributed by atoms with Gasteiger partial charge in [-0.1, -0.05) is 18.1 Å². The smallest absolute Gasteiger partial charge is 0.170 e. The SMILES string of the molecule is [2H]c1c([2H])c([2H])c2c(c1[2H])c1c(n2C)CCC([2H])(Cn2ccnc2C)C1=O. The van der Waals surface area contributed by atoms with Gasteiger partial charge in [-0.2, -0.15) is 0 Å². The predicted octanol–water partition coefficient (Wildman–Crippen LogP) is 3.13. The van der Waals surface area contributed by atoms with Gasteiger partial charge in [-0.05, 0) is 25.8 Å². The fourth-order valence-corrected chi connectivity index (χ4v) is 3.21. The maximum atomic E-state index is 13.4. The van der Waals surface area contributed by atoms with Gasteiger partial charge < -0.3 is 9.13 Å². The van der Waals surface area contributed by atoms with Crippen molar-refractivity contribution in [2.45, 2.75) is 26.3 Å². The monoisotopic (exact) mass is 298 g/mol. The zero-order valence-electron chi connectivity index (χ0n) is 17.5. The van der Waals surface area contributed by atoms with Crippen molar-refractivity contribution in [3.8, 4) is 0 Å². The lowest BCUT2D eigenvalue weighted by Gasteiger charge is -2.23. The summed E-state index contributed by atoms with van der Waals surface area (Å²) in [7, 11) is 1.71. The molecule has 0 spiro atoms. The quantitative estimate of drug-likeness (QED) is 0.729. The van der Waals surface area contributed by atoms with E-state index >= 15 is 0 Å². The number of rotatable bonds is 2. The normalized spacial score (nSPS) is 24.5. The van der Waals surface area contributed by atoms with Crippen molar-refractivity contribution in [3.63, 3.8) is 0 Å². The molecular weight excluding hydrogens is 274 g/mol. The summed E-state index contributed by atoms with van der Waals surface area (Å²) in [6, 6.07) is -1.06. The van der Waals surface area contributed by atoms with Crippen LogP contribution in [0.2, 0.25) is 0 Å². The van der Waals surface area contributed by atoms with Crippen LogP contribution >= 0.6 is 0 Å². The van der Waals surface area contributed by atoms with Crippen LogP contribution in [0, 0.1) is 12.8 Å². The Morgan fingerprint density at radius 3 is 3.05 bits per heavy atom. The molecule has 1 atom stereocenters. The van der Waals surface area contributed by atoms with E-state index in [9.17, 15) is 4.79 Å². The second-order valence-electron chi connectivity index (χ2n) is 5.64. The molecule has 0 saturated heterocycles. The highest BCUT2D eigenvalue weighted by Crippen LogP contribution is 2.34. The van der Waals surface area contributed by atoms with Gasteiger partial charge in [-0.25, -0.2) is 4.98 Å². The molecule has 1 aliphatic rings. The Morgan fingerprint density at radius 1 is 1.45 bits per heavy atom. The number of aromatic nitrogens is 3. The van der Waals surface area contributed by atoms with Crippen LogP contribution in [0.25, 0.3) is 10.9 Å². The Hall–Kier alpha value is -2.36. The van der Waals surface area contributed by atoms with E-state index in [4.69, 9.17) is 6.85 Å². The first-order chi connectivity index (χ1) is 12.7. The lowest BCUT2D eigenvalue weighted by molar-refractivity contribution is 0.0888. The molecular formula is C18H19N3O. The first-order valence-corrected chi connectivity index (χ1v) is 7.27. The Kier molecular flexibility index (Phi) is 1.96. The van der Waals surface area contributed by atoms with Gasteiger partial charge in [0.15, 0.2) is 5.78 Å². The minimum atomic E-state index is -1.40. The number of para-hydroxylation sites is 1. The van der Waals surface area contributed by atoms with Gasteiger partial charge in [0, 0.05) is 55.4 Å². The lowest BCUT2D eigenvalue weighted by Crippen LogP contribution is -2.27. The maximum Gasteiger partial charge on any atom is 0.170 e. The lowest BCUT2D eigenvalue weighted by atomic mass is 9.85. The van der Waals surface area contributed by atoms with E-state index in [0.29, 0.717) is 24.1 Å². The number of imidazole rings is 1. The van der Waals surface area contributed by atoms with Gasteiger partial charge in [-0.15, -0.1) is 0 Å². The summed E-state index contributed by atoms with van der Waals surface area (Å²) in [5.74, 6) is -1.07. The van der Waals surface area contributed by atoms with E-state index in [2.05, 4.69) is 4.98 Å². The molecule has 4 heteroatoms. The molecule has 112 valence electrons. The minimum Gasteiger partial charge on any atom is -0.347 e. The van der Waals surface area contributed by atoms with E-state index in [1.165, 1.54) is 0 Å². The standard InChI is InChI=1S/C18H19N3O/c1-12-19-9-10-21(12)11-13-7-8-16-17(18(13)22)14-5-3-4-6-15(14)20(16)2/h3-6,9-10,13H,7-8,11H2,1-2H3/i3D,4D,5D,6D,13D. The average molecular weight is 298 g/mol. The Morgan fingerprint density at radius 2 is 2.27 bits per heavy atom. The molecule has 4 rings (SSSR count). The molecule has 0 saturated carbocycles. The number of hydrogen-bond acceptors (Lipinski definition) is 2. The Balaban J connectivity index is 1.95. The fraction of sp³-hybridized carbons (Fsp3) is 0.333. The van der Waals surface area contributed by atoms with E-state index in [0.717, 1.165) is 5.82 Å². The molecule has 4 nitrogen and oxygen atoms in total. The molecule has 0 fully saturated rings. The van der Waals surface area contributed by atoms with Crippen LogP contribution in [0.3, 0.4) is 0 Å². The summed E-state index contributed by atoms with van der Waals surface area (Å²) < 4.78 is 44.7. The molecule has 0 aliphatic heterocycles. The van der Waals surface area contributed by atoms with Crippen molar-refractivity contribution in [2.24, 2.45) is 12.9 Å². The van der Waals surface area contributed by atoms with E-state index in [-0.39, 0.29) is 41.7 Å². The number of Topliss-reactive ketones (excluding diaryl/α,β-unsaturated/α-hetero) is 1. The topological polar surface area (TPSA) is 39.8 Å². The summed E-state index contributed by atoms with van der Waals surface area (Å²) in [5.41, 5.74) is 1.26. The largest absolute Gasteiger partial charge is 0.347 e. The number of hydrogen-bond donors (Lipinski definition) is 0. The van der Waals surface area contributed by atoms with Crippen LogP contribution < -0.4 is 0 Å². The third-order valence-electron chi connectivity index (χ3n) is 4.44. The summed E-state index contributed by atoms with van der Waals surface area (Å²) in [5, 5.41) is 0.224. The van der Waals surface area contributed by atoms with Gasteiger partial charge in [0.1, 0.15) is 5.82 Å². The fourth-order valence-electron chi connectivity index (χ4n) is 3.21. The maximum absolute atomic E-state index is 13.4. The van der Waals surface area contributed by atoms with Crippen LogP contribution in [0.4, 0.5) is 0 Å². The molecule has 1 unspecified atom stereocenters. The zero-order chi connectivity index (χ0) is 19.7. The summed E-state index contributed by atoms with van der Waals surface area (Å²) in [4.78, 5) is 17.5. The van der Waals surface area contributed by atoms with Gasteiger partial charge in [0.25, 0.3) is 0 Å². The molecule has 0 amide bonds. The Bertz CT molecular complexity index is 1120. The molecule has 0 N–H and O–H groups in total. The summed E-state index contributed by atoms with van der Waals surface area (Å²) in [6.07, 6.45) is 4.15. The number of carbonyl (C=O) groups excluding carboxylic acids is 1. The van der Waals surface area contributed by atoms with Crippen molar-refractivity contribution < 1.29 is 11.6 Å². The number of carbonyl (C=O) groups is 1. The number of benzene rings is 1. The molecule has 0 radical (unpaired) electrons. The highest BCUT2D eigenvalue weighted by molar-refractivity contribution is 6.11. The number of ketones is 1. The van der Waals surface area contributed by atoms with Crippen molar-refractivity contribution in [1.82, 2.24) is 14.1 Å². The van der Waals surface area contributed by atoms with Gasteiger partial charge >= 0.3 is 0 Å². The van der Waals surface area contributed by atoms with Crippen LogP contribution in [0.15, 0.2) is 36.6 Å². The van der Waals surface area contributed by atoms with Crippen LogP contribution in [0.1, 0.15) is 35.2 Å². The van der Waals surface area contributed by atoms with Crippen LogP contribution in [-0.4, -0.2) is 19.9 Å². The van der Waals surface area contributed by atoms with Crippen molar-refractivity contribution in [1.29, 1.82) is 0 Å². The summed E-state index contributed by atoms with van der Waals surface area (Å²) >= 11 is 0.